The first-order valence-electron chi connectivity index (χ1n) is 11.3. The Balaban J connectivity index is 5.18. The average Bonchev–Trinajstić information content (AvgIpc) is 2.83. The smallest absolute Gasteiger partial charge is 0.316 e. The van der Waals surface area contributed by atoms with Gasteiger partial charge in [-0.1, -0.05) is 0 Å². The molecule has 0 aliphatic rings. The van der Waals surface area contributed by atoms with E-state index in [-0.39, 0.29) is 13.2 Å². The lowest BCUT2D eigenvalue weighted by Crippen LogP contribution is -2.61. The molecule has 0 aromatic carbocycles. The highest BCUT2D eigenvalue weighted by Crippen LogP contribution is 2.00. The highest BCUT2D eigenvalue weighted by Gasteiger charge is 2.31. The van der Waals surface area contributed by atoms with Crippen molar-refractivity contribution < 1.29 is 48.5 Å². The number of hydrogen-bond donors (Lipinski definition) is 8. The third kappa shape index (κ3) is 13.4. The molecule has 0 bridgehead atoms. The van der Waals surface area contributed by atoms with Crippen LogP contribution in [0.4, 0.5) is 4.79 Å². The lowest BCUT2D eigenvalue weighted by Gasteiger charge is -2.28. The fraction of sp³-hybridized carbons (Fsp3) is 0.700. The number of ether oxygens (including phenoxy) is 2. The molecule has 0 aromatic rings. The molecule has 0 saturated heterocycles. The van der Waals surface area contributed by atoms with Crippen LogP contribution in [0.1, 0.15) is 20.3 Å². The Bertz CT molecular complexity index is 795. The van der Waals surface area contributed by atoms with E-state index in [1.54, 1.807) is 6.92 Å². The number of carbonyl (C=O) groups is 6. The molecule has 0 rings (SSSR count). The molecule has 9 N–H and O–H groups in total. The van der Waals surface area contributed by atoms with E-state index >= 15 is 0 Å². The minimum absolute atomic E-state index is 0.133. The van der Waals surface area contributed by atoms with Crippen LogP contribution in [0.5, 0.6) is 0 Å². The first-order chi connectivity index (χ1) is 17.4. The van der Waals surface area contributed by atoms with Crippen LogP contribution >= 0.6 is 0 Å². The van der Waals surface area contributed by atoms with Gasteiger partial charge in [-0.05, 0) is 13.8 Å². The van der Waals surface area contributed by atoms with Crippen LogP contribution in [-0.2, 0) is 33.4 Å². The number of hydrogen-bond acceptors (Lipinski definition) is 10. The quantitative estimate of drug-likeness (QED) is 0.0690. The Morgan fingerprint density at radius 2 is 1.57 bits per heavy atom. The van der Waals surface area contributed by atoms with Crippen LogP contribution in [-0.4, -0.2) is 122 Å². The highest BCUT2D eigenvalue weighted by molar-refractivity contribution is 5.94. The number of nitrogens with two attached hydrogens (primary N) is 1. The minimum Gasteiger partial charge on any atom is -0.394 e. The van der Waals surface area contributed by atoms with E-state index in [9.17, 15) is 39.0 Å². The molecule has 0 aliphatic carbocycles. The van der Waals surface area contributed by atoms with E-state index < -0.39 is 79.4 Å². The van der Waals surface area contributed by atoms with E-state index in [0.717, 1.165) is 7.05 Å². The number of rotatable bonds is 16. The van der Waals surface area contributed by atoms with Crippen LogP contribution in [0.3, 0.4) is 0 Å². The summed E-state index contributed by atoms with van der Waals surface area (Å²) in [6, 6.07) is -5.49. The van der Waals surface area contributed by atoms with Gasteiger partial charge in [0.05, 0.1) is 32.3 Å². The molecule has 0 saturated carbocycles. The topological polar surface area (TPSA) is 251 Å². The maximum Gasteiger partial charge on any atom is 0.316 e. The highest BCUT2D eigenvalue weighted by atomic mass is 16.5. The second-order valence-electron chi connectivity index (χ2n) is 7.60. The van der Waals surface area contributed by atoms with Gasteiger partial charge in [0.15, 0.2) is 0 Å². The van der Waals surface area contributed by atoms with Gasteiger partial charge >= 0.3 is 6.03 Å². The first-order valence-corrected chi connectivity index (χ1v) is 11.3. The van der Waals surface area contributed by atoms with Gasteiger partial charge in [-0.25, -0.2) is 4.79 Å². The van der Waals surface area contributed by atoms with Crippen LogP contribution in [0.15, 0.2) is 0 Å². The van der Waals surface area contributed by atoms with Crippen LogP contribution in [0, 0.1) is 0 Å². The molecule has 4 atom stereocenters. The minimum atomic E-state index is -1.58. The van der Waals surface area contributed by atoms with Gasteiger partial charge in [-0.3, -0.25) is 34.4 Å². The first kappa shape index (κ1) is 33.5. The van der Waals surface area contributed by atoms with E-state index in [1.165, 1.54) is 14.0 Å². The number of nitrogens with one attached hydrogen (secondary N) is 5. The summed E-state index contributed by atoms with van der Waals surface area (Å²) in [6.07, 6.45) is -2.05. The molecule has 17 nitrogen and oxygen atoms in total. The fourth-order valence-electron chi connectivity index (χ4n) is 2.70. The number of aliphatic hydroxyl groups excluding tert-OH is 2. The maximum atomic E-state index is 12.8. The van der Waals surface area contributed by atoms with Crippen molar-refractivity contribution in [2.24, 2.45) is 5.73 Å². The van der Waals surface area contributed by atoms with Crippen molar-refractivity contribution in [3.05, 3.63) is 0 Å². The number of urea groups is 1. The van der Waals surface area contributed by atoms with Crippen LogP contribution < -0.4 is 32.4 Å². The second kappa shape index (κ2) is 17.8. The molecule has 212 valence electrons. The van der Waals surface area contributed by atoms with Crippen molar-refractivity contribution >= 4 is 35.6 Å². The van der Waals surface area contributed by atoms with E-state index in [2.05, 4.69) is 26.7 Å². The summed E-state index contributed by atoms with van der Waals surface area (Å²) in [7, 11) is 2.37. The molecule has 0 spiro atoms. The average molecular weight is 536 g/mol. The molecular weight excluding hydrogens is 498 g/mol. The molecule has 0 aromatic heterocycles. The molecule has 2 unspecified atom stereocenters. The molecule has 0 heterocycles. The lowest BCUT2D eigenvalue weighted by atomic mass is 10.1. The van der Waals surface area contributed by atoms with Crippen molar-refractivity contribution in [3.8, 4) is 0 Å². The molecule has 0 radical (unpaired) electrons. The Kier molecular flexibility index (Phi) is 16.1. The Hall–Kier alpha value is -3.54. The zero-order valence-electron chi connectivity index (χ0n) is 21.2. The summed E-state index contributed by atoms with van der Waals surface area (Å²) in [5, 5.41) is 28.5. The molecule has 7 amide bonds. The van der Waals surface area contributed by atoms with Crippen molar-refractivity contribution in [3.63, 3.8) is 0 Å². The second-order valence-corrected chi connectivity index (χ2v) is 7.60. The van der Waals surface area contributed by atoms with Crippen molar-refractivity contribution in [2.75, 3.05) is 47.1 Å². The van der Waals surface area contributed by atoms with Gasteiger partial charge in [0.1, 0.15) is 24.7 Å². The van der Waals surface area contributed by atoms with E-state index in [0.29, 0.717) is 11.6 Å². The third-order valence-electron chi connectivity index (χ3n) is 4.56. The standard InChI is InChI=1S/C20H37N7O10/c1-5-36-6-7-37-10-15(31)25-16(11(2)29)18(33)26-27(4)19(34)12(8-14(21)30)23-20(35)24-13(9-28)17(32)22-3/h11-13,16,28-29H,5-10H2,1-4H3,(H2,21,30)(H,22,32)(H,25,31)(H,26,33)(H2,23,24,35)/t11?,12?,13-,16-/m1/s1. The Morgan fingerprint density at radius 3 is 2.08 bits per heavy atom. The molecular formula is C20H37N7O10. The number of nitrogens with zero attached hydrogens (tertiary/aromatic N) is 1. The SMILES string of the molecule is CCOCCOCC(=O)N[C@@H](C(=O)NN(C)C(=O)C(CC(N)=O)NC(=O)N[C@H](CO)C(=O)NC)C(C)O. The zero-order valence-corrected chi connectivity index (χ0v) is 21.2. The number of amides is 7. The zero-order chi connectivity index (χ0) is 28.5. The normalized spacial score (nSPS) is 13.8. The monoisotopic (exact) mass is 535 g/mol. The van der Waals surface area contributed by atoms with Crippen molar-refractivity contribution in [1.29, 1.82) is 0 Å². The number of hydrazine groups is 1. The van der Waals surface area contributed by atoms with Crippen molar-refractivity contribution in [1.82, 2.24) is 31.7 Å². The maximum absolute atomic E-state index is 12.8. The Morgan fingerprint density at radius 1 is 0.973 bits per heavy atom. The van der Waals surface area contributed by atoms with Gasteiger partial charge in [0.2, 0.25) is 17.7 Å². The largest absolute Gasteiger partial charge is 0.394 e. The van der Waals surface area contributed by atoms with Gasteiger partial charge in [-0.15, -0.1) is 0 Å². The number of primary amides is 1. The number of likely N-dealkylation sites (N-methyl/N-ethyl adjacent to an activating group) is 2. The molecule has 0 fully saturated rings. The summed E-state index contributed by atoms with van der Waals surface area (Å²) in [5.41, 5.74) is 7.28. The van der Waals surface area contributed by atoms with E-state index in [1.807, 2.05) is 0 Å². The van der Waals surface area contributed by atoms with E-state index in [4.69, 9.17) is 15.2 Å². The summed E-state index contributed by atoms with van der Waals surface area (Å²) >= 11 is 0. The number of carbonyl (C=O) groups excluding carboxylic acids is 6. The van der Waals surface area contributed by atoms with Gasteiger partial charge in [0.25, 0.3) is 11.8 Å². The summed E-state index contributed by atoms with van der Waals surface area (Å²) in [4.78, 5) is 72.7. The molecule has 0 aliphatic heterocycles. The van der Waals surface area contributed by atoms with Gasteiger partial charge in [-0.2, -0.15) is 0 Å². The Labute approximate surface area is 213 Å². The number of aliphatic hydroxyl groups is 2. The van der Waals surface area contributed by atoms with Crippen molar-refractivity contribution in [2.45, 2.75) is 44.5 Å². The predicted molar refractivity (Wildman–Crippen MR) is 126 cm³/mol. The summed E-state index contributed by atoms with van der Waals surface area (Å²) < 4.78 is 10.2. The summed E-state index contributed by atoms with van der Waals surface area (Å²) in [5.74, 6) is -4.40. The summed E-state index contributed by atoms with van der Waals surface area (Å²) in [6.45, 7) is 2.74. The predicted octanol–water partition coefficient (Wildman–Crippen LogP) is -4.96. The molecule has 37 heavy (non-hydrogen) atoms. The molecule has 17 heteroatoms. The lowest BCUT2D eigenvalue weighted by molar-refractivity contribution is -0.144. The third-order valence-corrected chi connectivity index (χ3v) is 4.56. The van der Waals surface area contributed by atoms with Crippen LogP contribution in [0.25, 0.3) is 0 Å². The fourth-order valence-corrected chi connectivity index (χ4v) is 2.70. The van der Waals surface area contributed by atoms with Crippen LogP contribution in [0.2, 0.25) is 0 Å². The van der Waals surface area contributed by atoms with Gasteiger partial charge < -0.3 is 46.7 Å². The van der Waals surface area contributed by atoms with Gasteiger partial charge in [0, 0.05) is 20.7 Å².